The molecule has 0 aliphatic heterocycles. The molecule has 1 unspecified atom stereocenters. The summed E-state index contributed by atoms with van der Waals surface area (Å²) in [7, 11) is -3.91. The molecule has 0 bridgehead atoms. The lowest BCUT2D eigenvalue weighted by Gasteiger charge is -2.13. The molecule has 2 N–H and O–H groups in total. The van der Waals surface area contributed by atoms with Crippen LogP contribution in [0.1, 0.15) is 24.2 Å². The Hall–Kier alpha value is -0.960. The molecule has 1 aromatic rings. The number of primary sulfonamides is 1. The van der Waals surface area contributed by atoms with Crippen molar-refractivity contribution in [3.63, 3.8) is 0 Å². The Morgan fingerprint density at radius 2 is 2.10 bits per heavy atom. The number of hydrogen-bond acceptors (Lipinski definition) is 5. The number of sulfonamides is 1. The lowest BCUT2D eigenvalue weighted by atomic mass is 10.2. The number of hydrogen-bond donors (Lipinski definition) is 1. The molecule has 0 aliphatic carbocycles. The molecule has 112 valence electrons. The summed E-state index contributed by atoms with van der Waals surface area (Å²) in [4.78, 5) is 11.7. The number of carbonyl (C=O) groups is 1. The minimum atomic E-state index is -3.91. The summed E-state index contributed by atoms with van der Waals surface area (Å²) in [5.74, 6) is -0.630. The maximum Gasteiger partial charge on any atom is 0.338 e. The van der Waals surface area contributed by atoms with Gasteiger partial charge in [0.25, 0.3) is 0 Å². The van der Waals surface area contributed by atoms with Crippen LogP contribution >= 0.6 is 15.9 Å². The van der Waals surface area contributed by atoms with E-state index in [0.29, 0.717) is 11.1 Å². The van der Waals surface area contributed by atoms with Crippen LogP contribution in [0.25, 0.3) is 0 Å². The summed E-state index contributed by atoms with van der Waals surface area (Å²) in [6, 6.07) is 4.06. The van der Waals surface area contributed by atoms with Crippen LogP contribution in [0, 0.1) is 0 Å². The molecule has 1 atom stereocenters. The second-order valence-electron chi connectivity index (χ2n) is 4.07. The van der Waals surface area contributed by atoms with E-state index in [1.54, 1.807) is 6.92 Å². The Labute approximate surface area is 126 Å². The fraction of sp³-hybridized carbons (Fsp3) is 0.417. The first-order valence-electron chi connectivity index (χ1n) is 5.86. The number of nitrogens with two attached hydrogens (primary N) is 1. The fourth-order valence-electron chi connectivity index (χ4n) is 1.42. The average Bonchev–Trinajstić information content (AvgIpc) is 2.35. The molecule has 0 aliphatic rings. The molecule has 6 nitrogen and oxygen atoms in total. The zero-order chi connectivity index (χ0) is 15.3. The summed E-state index contributed by atoms with van der Waals surface area (Å²) in [5, 5.41) is 5.06. The second-order valence-corrected chi connectivity index (χ2v) is 6.45. The highest BCUT2D eigenvalue weighted by atomic mass is 79.9. The molecule has 0 spiro atoms. The monoisotopic (exact) mass is 365 g/mol. The van der Waals surface area contributed by atoms with Gasteiger partial charge in [-0.3, -0.25) is 0 Å². The van der Waals surface area contributed by atoms with Crippen LogP contribution in [0.2, 0.25) is 0 Å². The van der Waals surface area contributed by atoms with Crippen LogP contribution in [0.15, 0.2) is 27.6 Å². The van der Waals surface area contributed by atoms with Crippen molar-refractivity contribution in [3.8, 4) is 0 Å². The van der Waals surface area contributed by atoms with Gasteiger partial charge in [-0.05, 0) is 48.0 Å². The van der Waals surface area contributed by atoms with Crippen LogP contribution in [0.5, 0.6) is 0 Å². The molecular formula is C12H16BrNO5S. The van der Waals surface area contributed by atoms with E-state index in [-0.39, 0.29) is 17.1 Å². The van der Waals surface area contributed by atoms with E-state index in [4.69, 9.17) is 14.6 Å². The van der Waals surface area contributed by atoms with Crippen LogP contribution in [0.4, 0.5) is 0 Å². The van der Waals surface area contributed by atoms with Crippen molar-refractivity contribution in [1.29, 1.82) is 0 Å². The standard InChI is InChI=1S/C12H16BrNO5S/c1-3-18-7-8(2)19-12(15)9-4-5-10(13)11(6-9)20(14,16)17/h4-6,8H,3,7H2,1-2H3,(H2,14,16,17). The van der Waals surface area contributed by atoms with Gasteiger partial charge in [0.15, 0.2) is 0 Å². The molecule has 8 heteroatoms. The zero-order valence-electron chi connectivity index (χ0n) is 11.1. The molecular weight excluding hydrogens is 350 g/mol. The Bertz CT molecular complexity index is 588. The van der Waals surface area contributed by atoms with Gasteiger partial charge in [0.2, 0.25) is 10.0 Å². The van der Waals surface area contributed by atoms with Gasteiger partial charge < -0.3 is 9.47 Å². The quantitative estimate of drug-likeness (QED) is 0.773. The highest BCUT2D eigenvalue weighted by Gasteiger charge is 2.18. The maximum absolute atomic E-state index is 11.9. The SMILES string of the molecule is CCOCC(C)OC(=O)c1ccc(Br)c(S(N)(=O)=O)c1. The Balaban J connectivity index is 2.90. The summed E-state index contributed by atoms with van der Waals surface area (Å²) in [6.45, 7) is 4.32. The van der Waals surface area contributed by atoms with E-state index < -0.39 is 22.1 Å². The second kappa shape index (κ2) is 7.16. The van der Waals surface area contributed by atoms with Crippen LogP contribution in [-0.2, 0) is 19.5 Å². The normalized spacial score (nSPS) is 13.0. The van der Waals surface area contributed by atoms with E-state index in [1.165, 1.54) is 18.2 Å². The first kappa shape index (κ1) is 17.1. The summed E-state index contributed by atoms with van der Waals surface area (Å²) < 4.78 is 33.3. The number of rotatable bonds is 6. The largest absolute Gasteiger partial charge is 0.457 e. The van der Waals surface area contributed by atoms with Crippen LogP contribution in [-0.4, -0.2) is 33.7 Å². The molecule has 0 radical (unpaired) electrons. The predicted molar refractivity (Wildman–Crippen MR) is 76.9 cm³/mol. The van der Waals surface area contributed by atoms with Crippen molar-refractivity contribution in [2.75, 3.05) is 13.2 Å². The first-order chi connectivity index (χ1) is 9.25. The van der Waals surface area contributed by atoms with E-state index in [0.717, 1.165) is 0 Å². The third-order valence-electron chi connectivity index (χ3n) is 2.34. The third-order valence-corrected chi connectivity index (χ3v) is 4.24. The van der Waals surface area contributed by atoms with Gasteiger partial charge in [-0.25, -0.2) is 18.4 Å². The number of esters is 1. The highest BCUT2D eigenvalue weighted by molar-refractivity contribution is 9.10. The van der Waals surface area contributed by atoms with Gasteiger partial charge in [0.1, 0.15) is 6.10 Å². The number of ether oxygens (including phenoxy) is 2. The lowest BCUT2D eigenvalue weighted by Crippen LogP contribution is -2.21. The van der Waals surface area contributed by atoms with E-state index in [9.17, 15) is 13.2 Å². The average molecular weight is 366 g/mol. The predicted octanol–water partition coefficient (Wildman–Crippen LogP) is 1.68. The molecule has 1 rings (SSSR count). The molecule has 0 aromatic heterocycles. The summed E-state index contributed by atoms with van der Waals surface area (Å²) >= 11 is 3.07. The smallest absolute Gasteiger partial charge is 0.338 e. The van der Waals surface area contributed by atoms with E-state index in [1.807, 2.05) is 6.92 Å². The molecule has 0 saturated carbocycles. The number of benzene rings is 1. The molecule has 20 heavy (non-hydrogen) atoms. The summed E-state index contributed by atoms with van der Waals surface area (Å²) in [6.07, 6.45) is -0.427. The minimum Gasteiger partial charge on any atom is -0.457 e. The van der Waals surface area contributed by atoms with Gasteiger partial charge in [0.05, 0.1) is 17.1 Å². The van der Waals surface area contributed by atoms with Crippen LogP contribution < -0.4 is 5.14 Å². The van der Waals surface area contributed by atoms with Gasteiger partial charge in [-0.1, -0.05) is 0 Å². The Morgan fingerprint density at radius 1 is 1.45 bits per heavy atom. The fourth-order valence-corrected chi connectivity index (χ4v) is 2.97. The topological polar surface area (TPSA) is 95.7 Å². The van der Waals surface area contributed by atoms with Crippen molar-refractivity contribution in [1.82, 2.24) is 0 Å². The Morgan fingerprint density at radius 3 is 2.65 bits per heavy atom. The molecule has 1 aromatic carbocycles. The van der Waals surface area contributed by atoms with Gasteiger partial charge >= 0.3 is 5.97 Å². The first-order valence-corrected chi connectivity index (χ1v) is 8.20. The molecule has 0 amide bonds. The van der Waals surface area contributed by atoms with Gasteiger partial charge in [0, 0.05) is 11.1 Å². The summed E-state index contributed by atoms with van der Waals surface area (Å²) in [5.41, 5.74) is 0.112. The minimum absolute atomic E-state index is 0.112. The van der Waals surface area contributed by atoms with Crippen molar-refractivity contribution in [3.05, 3.63) is 28.2 Å². The molecule has 0 saturated heterocycles. The Kier molecular flexibility index (Phi) is 6.12. The van der Waals surface area contributed by atoms with E-state index >= 15 is 0 Å². The van der Waals surface area contributed by atoms with E-state index in [2.05, 4.69) is 15.9 Å². The maximum atomic E-state index is 11.9. The number of halogens is 1. The third kappa shape index (κ3) is 4.86. The highest BCUT2D eigenvalue weighted by Crippen LogP contribution is 2.22. The van der Waals surface area contributed by atoms with Crippen molar-refractivity contribution in [2.45, 2.75) is 24.8 Å². The molecule has 0 heterocycles. The molecule has 0 fully saturated rings. The zero-order valence-corrected chi connectivity index (χ0v) is 13.5. The van der Waals surface area contributed by atoms with Crippen molar-refractivity contribution in [2.24, 2.45) is 5.14 Å². The lowest BCUT2D eigenvalue weighted by molar-refractivity contribution is 0.00437. The van der Waals surface area contributed by atoms with Crippen LogP contribution in [0.3, 0.4) is 0 Å². The van der Waals surface area contributed by atoms with Crippen molar-refractivity contribution < 1.29 is 22.7 Å². The number of carbonyl (C=O) groups excluding carboxylic acids is 1. The van der Waals surface area contributed by atoms with Gasteiger partial charge in [-0.2, -0.15) is 0 Å². The van der Waals surface area contributed by atoms with Gasteiger partial charge in [-0.15, -0.1) is 0 Å². The van der Waals surface area contributed by atoms with Crippen molar-refractivity contribution >= 4 is 31.9 Å².